The molecule has 0 radical (unpaired) electrons. The topological polar surface area (TPSA) is 79.5 Å². The van der Waals surface area contributed by atoms with Crippen LogP contribution in [0.15, 0.2) is 66.7 Å². The lowest BCUT2D eigenvalue weighted by Gasteiger charge is -2.13. The van der Waals surface area contributed by atoms with Crippen LogP contribution in [0.2, 0.25) is 0 Å². The van der Waals surface area contributed by atoms with Crippen molar-refractivity contribution in [1.82, 2.24) is 5.32 Å². The zero-order valence-electron chi connectivity index (χ0n) is 18.8. The molecule has 0 spiro atoms. The highest BCUT2D eigenvalue weighted by Gasteiger charge is 2.13. The maximum absolute atomic E-state index is 12.7. The molecule has 0 saturated heterocycles. The van der Waals surface area contributed by atoms with E-state index in [1.807, 2.05) is 42.5 Å². The number of aryl methyl sites for hydroxylation is 2. The largest absolute Gasteiger partial charge is 0.497 e. The second kappa shape index (κ2) is 10.7. The minimum absolute atomic E-state index is 0.0766. The van der Waals surface area contributed by atoms with E-state index in [0.29, 0.717) is 24.2 Å². The van der Waals surface area contributed by atoms with E-state index in [0.717, 1.165) is 29.8 Å². The van der Waals surface area contributed by atoms with E-state index in [-0.39, 0.29) is 18.4 Å². The van der Waals surface area contributed by atoms with Gasteiger partial charge in [-0.25, -0.2) is 0 Å². The van der Waals surface area contributed by atoms with Gasteiger partial charge in [-0.2, -0.15) is 0 Å². The van der Waals surface area contributed by atoms with Crippen LogP contribution in [0.4, 0.5) is 11.4 Å². The molecule has 0 fully saturated rings. The predicted octanol–water partition coefficient (Wildman–Crippen LogP) is 4.21. The summed E-state index contributed by atoms with van der Waals surface area (Å²) < 4.78 is 5.17. The first-order chi connectivity index (χ1) is 16.1. The number of rotatable bonds is 9. The van der Waals surface area contributed by atoms with Crippen molar-refractivity contribution in [2.45, 2.75) is 25.7 Å². The Balaban J connectivity index is 1.29. The smallest absolute Gasteiger partial charge is 0.253 e. The Labute approximate surface area is 194 Å². The third-order valence-electron chi connectivity index (χ3n) is 5.85. The van der Waals surface area contributed by atoms with E-state index in [2.05, 4.69) is 28.1 Å². The summed E-state index contributed by atoms with van der Waals surface area (Å²) in [5.74, 6) is 0.483. The number of methoxy groups -OCH3 is 1. The van der Waals surface area contributed by atoms with E-state index in [1.165, 1.54) is 17.5 Å². The molecule has 0 unspecified atom stereocenters. The number of carbonyl (C=O) groups is 2. The zero-order valence-corrected chi connectivity index (χ0v) is 18.8. The molecule has 170 valence electrons. The molecule has 0 bridgehead atoms. The summed E-state index contributed by atoms with van der Waals surface area (Å²) in [7, 11) is 1.64. The van der Waals surface area contributed by atoms with Crippen LogP contribution < -0.4 is 20.7 Å². The van der Waals surface area contributed by atoms with E-state index in [9.17, 15) is 9.59 Å². The third kappa shape index (κ3) is 5.92. The molecule has 0 aliphatic heterocycles. The number of fused-ring (bicyclic) bond motifs is 1. The van der Waals surface area contributed by atoms with Crippen molar-refractivity contribution in [3.05, 3.63) is 89.0 Å². The maximum Gasteiger partial charge on any atom is 0.253 e. The highest BCUT2D eigenvalue weighted by atomic mass is 16.5. The van der Waals surface area contributed by atoms with Gasteiger partial charge in [-0.05, 0) is 78.8 Å². The molecule has 4 rings (SSSR count). The van der Waals surface area contributed by atoms with Gasteiger partial charge in [0.1, 0.15) is 5.75 Å². The highest BCUT2D eigenvalue weighted by Crippen LogP contribution is 2.25. The standard InChI is InChI=1S/C27H29N3O3/c1-33-23-13-9-19(10-14-23)15-16-28-27(32)24-7-2-3-8-25(24)29-18-26(31)30-22-12-11-20-5-4-6-21(20)17-22/h2-3,7-14,17,29H,4-6,15-16,18H2,1H3,(H,28,32)(H,30,31). The van der Waals surface area contributed by atoms with Gasteiger partial charge in [0.25, 0.3) is 5.91 Å². The van der Waals surface area contributed by atoms with E-state index >= 15 is 0 Å². The molecule has 3 aromatic carbocycles. The van der Waals surface area contributed by atoms with Crippen LogP contribution in [-0.2, 0) is 24.1 Å². The number of ether oxygens (including phenoxy) is 1. The van der Waals surface area contributed by atoms with Crippen LogP contribution in [-0.4, -0.2) is 32.0 Å². The van der Waals surface area contributed by atoms with Crippen LogP contribution in [0.1, 0.15) is 33.5 Å². The zero-order chi connectivity index (χ0) is 23.0. The summed E-state index contributed by atoms with van der Waals surface area (Å²) in [6.45, 7) is 0.589. The first-order valence-corrected chi connectivity index (χ1v) is 11.3. The van der Waals surface area contributed by atoms with Crippen molar-refractivity contribution >= 4 is 23.2 Å². The van der Waals surface area contributed by atoms with E-state index in [4.69, 9.17) is 4.74 Å². The molecule has 33 heavy (non-hydrogen) atoms. The number of hydrogen-bond acceptors (Lipinski definition) is 4. The van der Waals surface area contributed by atoms with Crippen molar-refractivity contribution in [3.63, 3.8) is 0 Å². The van der Waals surface area contributed by atoms with Gasteiger partial charge in [-0.15, -0.1) is 0 Å². The summed E-state index contributed by atoms with van der Waals surface area (Å²) >= 11 is 0. The lowest BCUT2D eigenvalue weighted by atomic mass is 10.1. The number of para-hydroxylation sites is 1. The molecular weight excluding hydrogens is 414 g/mol. The van der Waals surface area contributed by atoms with Crippen molar-refractivity contribution in [2.75, 3.05) is 30.8 Å². The van der Waals surface area contributed by atoms with Crippen molar-refractivity contribution in [2.24, 2.45) is 0 Å². The fraction of sp³-hybridized carbons (Fsp3) is 0.259. The summed E-state index contributed by atoms with van der Waals surface area (Å²) in [6, 6.07) is 21.1. The second-order valence-corrected chi connectivity index (χ2v) is 8.14. The number of benzene rings is 3. The minimum Gasteiger partial charge on any atom is -0.497 e. The van der Waals surface area contributed by atoms with Gasteiger partial charge in [0.05, 0.1) is 19.2 Å². The maximum atomic E-state index is 12.7. The molecule has 2 amide bonds. The van der Waals surface area contributed by atoms with Crippen molar-refractivity contribution < 1.29 is 14.3 Å². The summed E-state index contributed by atoms with van der Waals surface area (Å²) in [4.78, 5) is 25.2. The molecule has 3 aromatic rings. The van der Waals surface area contributed by atoms with Crippen molar-refractivity contribution in [1.29, 1.82) is 0 Å². The first-order valence-electron chi connectivity index (χ1n) is 11.3. The monoisotopic (exact) mass is 443 g/mol. The Morgan fingerprint density at radius 3 is 2.55 bits per heavy atom. The molecule has 6 nitrogen and oxygen atoms in total. The number of hydrogen-bond donors (Lipinski definition) is 3. The summed E-state index contributed by atoms with van der Waals surface area (Å²) in [5, 5.41) is 9.00. The van der Waals surface area contributed by atoms with Crippen molar-refractivity contribution in [3.8, 4) is 5.75 Å². The van der Waals surface area contributed by atoms with Gasteiger partial charge in [0, 0.05) is 17.9 Å². The van der Waals surface area contributed by atoms with E-state index < -0.39 is 0 Å². The Kier molecular flexibility index (Phi) is 7.25. The molecule has 0 saturated carbocycles. The van der Waals surface area contributed by atoms with Gasteiger partial charge in [0.15, 0.2) is 0 Å². The summed E-state index contributed by atoms with van der Waals surface area (Å²) in [6.07, 6.45) is 4.07. The molecule has 6 heteroatoms. The molecule has 3 N–H and O–H groups in total. The van der Waals surface area contributed by atoms with Crippen LogP contribution in [0.3, 0.4) is 0 Å². The number of nitrogens with one attached hydrogen (secondary N) is 3. The van der Waals surface area contributed by atoms with Gasteiger partial charge in [-0.3, -0.25) is 9.59 Å². The Hall–Kier alpha value is -3.80. The SMILES string of the molecule is COc1ccc(CCNC(=O)c2ccccc2NCC(=O)Nc2ccc3c(c2)CCC3)cc1. The average molecular weight is 444 g/mol. The van der Waals surface area contributed by atoms with Crippen LogP contribution in [0.5, 0.6) is 5.75 Å². The lowest BCUT2D eigenvalue weighted by Crippen LogP contribution is -2.28. The highest BCUT2D eigenvalue weighted by molar-refractivity contribution is 6.01. The van der Waals surface area contributed by atoms with Crippen LogP contribution >= 0.6 is 0 Å². The second-order valence-electron chi connectivity index (χ2n) is 8.14. The average Bonchev–Trinajstić information content (AvgIpc) is 3.31. The molecule has 0 aromatic heterocycles. The fourth-order valence-corrected chi connectivity index (χ4v) is 4.07. The minimum atomic E-state index is -0.175. The van der Waals surface area contributed by atoms with Gasteiger partial charge >= 0.3 is 0 Å². The quantitative estimate of drug-likeness (QED) is 0.463. The Morgan fingerprint density at radius 1 is 0.939 bits per heavy atom. The van der Waals surface area contributed by atoms with Gasteiger partial charge in [0.2, 0.25) is 5.91 Å². The molecule has 0 heterocycles. The lowest BCUT2D eigenvalue weighted by molar-refractivity contribution is -0.114. The first kappa shape index (κ1) is 22.4. The summed E-state index contributed by atoms with van der Waals surface area (Å²) in [5.41, 5.74) is 5.76. The number of anilines is 2. The molecule has 1 aliphatic carbocycles. The predicted molar refractivity (Wildman–Crippen MR) is 131 cm³/mol. The third-order valence-corrected chi connectivity index (χ3v) is 5.85. The molecule has 0 atom stereocenters. The molecular formula is C27H29N3O3. The van der Waals surface area contributed by atoms with E-state index in [1.54, 1.807) is 19.2 Å². The van der Waals surface area contributed by atoms with Crippen LogP contribution in [0, 0.1) is 0 Å². The van der Waals surface area contributed by atoms with Gasteiger partial charge < -0.3 is 20.7 Å². The normalized spacial score (nSPS) is 12.0. The van der Waals surface area contributed by atoms with Crippen LogP contribution in [0.25, 0.3) is 0 Å². The van der Waals surface area contributed by atoms with Gasteiger partial charge in [-0.1, -0.05) is 30.3 Å². The number of carbonyl (C=O) groups excluding carboxylic acids is 2. The number of amides is 2. The molecule has 1 aliphatic rings. The fourth-order valence-electron chi connectivity index (χ4n) is 4.07. The Morgan fingerprint density at radius 2 is 1.73 bits per heavy atom. The Bertz CT molecular complexity index is 1130.